The average Bonchev–Trinajstić information content (AvgIpc) is 2.94. The van der Waals surface area contributed by atoms with Gasteiger partial charge in [0.15, 0.2) is 0 Å². The maximum absolute atomic E-state index is 12.2. The first-order valence-electron chi connectivity index (χ1n) is 7.21. The second-order valence-electron chi connectivity index (χ2n) is 6.17. The number of nitrogens with one attached hydrogen (secondary N) is 1. The van der Waals surface area contributed by atoms with Crippen molar-refractivity contribution in [3.63, 3.8) is 0 Å². The zero-order valence-corrected chi connectivity index (χ0v) is 12.9. The van der Waals surface area contributed by atoms with E-state index in [2.05, 4.69) is 5.32 Å². The van der Waals surface area contributed by atoms with Crippen LogP contribution in [0, 0.1) is 5.92 Å². The van der Waals surface area contributed by atoms with E-state index in [1.165, 1.54) is 4.90 Å². The summed E-state index contributed by atoms with van der Waals surface area (Å²) in [4.78, 5) is 24.9. The quantitative estimate of drug-likeness (QED) is 0.635. The lowest BCUT2D eigenvalue weighted by atomic mass is 9.78. The van der Waals surface area contributed by atoms with Gasteiger partial charge in [0.05, 0.1) is 22.8 Å². The summed E-state index contributed by atoms with van der Waals surface area (Å²) in [6.07, 6.45) is 1.97. The standard InChI is InChI=1S/C14H20N2O4S/c1-7(17)10-11-14(2,21-8-3-4-15-6-8)5-9(13(19)20)16(11)12(10)18/h5,7-8,10-11,15,17H,3-4,6H2,1-2H3,(H,19,20)/t7-,8?,10?,11+,14?/m1/s1. The minimum absolute atomic E-state index is 0.0582. The normalized spacial score (nSPS) is 39.8. The maximum atomic E-state index is 12.2. The van der Waals surface area contributed by atoms with Gasteiger partial charge in [-0.2, -0.15) is 0 Å². The molecule has 3 rings (SSSR count). The Morgan fingerprint density at radius 2 is 2.33 bits per heavy atom. The van der Waals surface area contributed by atoms with Crippen LogP contribution in [0.25, 0.3) is 0 Å². The Labute approximate surface area is 127 Å². The molecule has 2 saturated heterocycles. The zero-order valence-electron chi connectivity index (χ0n) is 12.1. The number of amides is 1. The highest BCUT2D eigenvalue weighted by atomic mass is 32.2. The van der Waals surface area contributed by atoms with Crippen molar-refractivity contribution in [2.45, 2.75) is 42.4 Å². The number of carbonyl (C=O) groups excluding carboxylic acids is 1. The fraction of sp³-hybridized carbons (Fsp3) is 0.714. The molecule has 0 aromatic carbocycles. The van der Waals surface area contributed by atoms with Crippen LogP contribution in [0.1, 0.15) is 20.3 Å². The monoisotopic (exact) mass is 312 g/mol. The molecule has 0 aromatic rings. The van der Waals surface area contributed by atoms with Crippen LogP contribution in [-0.2, 0) is 9.59 Å². The van der Waals surface area contributed by atoms with Crippen molar-refractivity contribution < 1.29 is 19.8 Å². The Bertz CT molecular complexity index is 515. The molecular formula is C14H20N2O4S. The summed E-state index contributed by atoms with van der Waals surface area (Å²) in [6, 6.07) is -0.262. The van der Waals surface area contributed by atoms with Crippen LogP contribution in [0.3, 0.4) is 0 Å². The van der Waals surface area contributed by atoms with Crippen molar-refractivity contribution in [2.24, 2.45) is 5.92 Å². The fourth-order valence-corrected chi connectivity index (χ4v) is 5.37. The van der Waals surface area contributed by atoms with Gasteiger partial charge in [0.2, 0.25) is 5.91 Å². The maximum Gasteiger partial charge on any atom is 0.352 e. The molecule has 0 radical (unpaired) electrons. The summed E-state index contributed by atoms with van der Waals surface area (Å²) in [5, 5.41) is 22.9. The Balaban J connectivity index is 1.90. The van der Waals surface area contributed by atoms with Crippen molar-refractivity contribution in [3.8, 4) is 0 Å². The lowest BCUT2D eigenvalue weighted by Crippen LogP contribution is -2.67. The van der Waals surface area contributed by atoms with Gasteiger partial charge >= 0.3 is 5.97 Å². The van der Waals surface area contributed by atoms with Crippen molar-refractivity contribution >= 4 is 23.6 Å². The van der Waals surface area contributed by atoms with Gasteiger partial charge in [-0.15, -0.1) is 11.8 Å². The first-order valence-corrected chi connectivity index (χ1v) is 8.09. The number of hydrogen-bond acceptors (Lipinski definition) is 5. The Morgan fingerprint density at radius 3 is 2.86 bits per heavy atom. The third kappa shape index (κ3) is 2.18. The Morgan fingerprint density at radius 1 is 1.62 bits per heavy atom. The summed E-state index contributed by atoms with van der Waals surface area (Å²) >= 11 is 1.72. The van der Waals surface area contributed by atoms with E-state index in [0.29, 0.717) is 5.25 Å². The minimum atomic E-state index is -1.08. The SMILES string of the molecule is C[C@@H](O)C1C(=O)N2C(C(=O)O)=CC(C)(SC3CCNC3)[C@H]12. The molecular weight excluding hydrogens is 292 g/mol. The van der Waals surface area contributed by atoms with Crippen LogP contribution in [0.4, 0.5) is 0 Å². The van der Waals surface area contributed by atoms with Gasteiger partial charge in [-0.25, -0.2) is 4.79 Å². The number of aliphatic carboxylic acids is 1. The number of fused-ring (bicyclic) bond motifs is 1. The van der Waals surface area contributed by atoms with Crippen molar-refractivity contribution in [2.75, 3.05) is 13.1 Å². The number of aliphatic hydroxyl groups is 1. The second kappa shape index (κ2) is 5.00. The second-order valence-corrected chi connectivity index (χ2v) is 7.95. The molecule has 3 unspecified atom stereocenters. The molecule has 5 atom stereocenters. The Hall–Kier alpha value is -1.05. The number of carbonyl (C=O) groups is 2. The van der Waals surface area contributed by atoms with Crippen LogP contribution in [0.2, 0.25) is 0 Å². The van der Waals surface area contributed by atoms with Crippen molar-refractivity contribution in [3.05, 3.63) is 11.8 Å². The molecule has 6 nitrogen and oxygen atoms in total. The van der Waals surface area contributed by atoms with E-state index >= 15 is 0 Å². The molecule has 7 heteroatoms. The van der Waals surface area contributed by atoms with E-state index in [-0.39, 0.29) is 17.6 Å². The first-order chi connectivity index (χ1) is 9.85. The largest absolute Gasteiger partial charge is 0.477 e. The highest BCUT2D eigenvalue weighted by Crippen LogP contribution is 2.52. The molecule has 0 spiro atoms. The molecule has 21 heavy (non-hydrogen) atoms. The van der Waals surface area contributed by atoms with Crippen LogP contribution >= 0.6 is 11.8 Å². The van der Waals surface area contributed by atoms with Crippen LogP contribution in [-0.4, -0.2) is 62.2 Å². The lowest BCUT2D eigenvalue weighted by Gasteiger charge is -2.50. The fourth-order valence-electron chi connectivity index (χ4n) is 3.65. The number of aliphatic hydroxyl groups excluding tert-OH is 1. The third-order valence-electron chi connectivity index (χ3n) is 4.59. The minimum Gasteiger partial charge on any atom is -0.477 e. The number of carboxylic acid groups (broad SMARTS) is 1. The van der Waals surface area contributed by atoms with Gasteiger partial charge in [-0.1, -0.05) is 0 Å². The first kappa shape index (κ1) is 14.9. The number of β-lactam (4-membered cyclic amide) rings is 1. The molecule has 0 saturated carbocycles. The summed E-state index contributed by atoms with van der Waals surface area (Å²) in [6.45, 7) is 5.44. The average molecular weight is 312 g/mol. The summed E-state index contributed by atoms with van der Waals surface area (Å²) in [5.74, 6) is -1.87. The van der Waals surface area contributed by atoms with Gasteiger partial charge < -0.3 is 20.4 Å². The van der Waals surface area contributed by atoms with E-state index in [1.807, 2.05) is 6.92 Å². The predicted octanol–water partition coefficient (Wildman–Crippen LogP) is 0.0301. The molecule has 0 aliphatic carbocycles. The van der Waals surface area contributed by atoms with Crippen LogP contribution in [0.5, 0.6) is 0 Å². The molecule has 116 valence electrons. The summed E-state index contributed by atoms with van der Waals surface area (Å²) in [5.41, 5.74) is 0.0582. The van der Waals surface area contributed by atoms with Crippen LogP contribution < -0.4 is 5.32 Å². The Kier molecular flexibility index (Phi) is 3.54. The molecule has 3 heterocycles. The van der Waals surface area contributed by atoms with Crippen LogP contribution in [0.15, 0.2) is 11.8 Å². The summed E-state index contributed by atoms with van der Waals surface area (Å²) in [7, 11) is 0. The number of carboxylic acids is 1. The van der Waals surface area contributed by atoms with E-state index in [1.54, 1.807) is 24.8 Å². The zero-order chi connectivity index (χ0) is 15.4. The molecule has 0 aromatic heterocycles. The van der Waals surface area contributed by atoms with E-state index in [4.69, 9.17) is 0 Å². The van der Waals surface area contributed by atoms with Crippen molar-refractivity contribution in [1.29, 1.82) is 0 Å². The molecule has 3 aliphatic heterocycles. The molecule has 1 amide bonds. The van der Waals surface area contributed by atoms with E-state index < -0.39 is 22.7 Å². The molecule has 0 bridgehead atoms. The predicted molar refractivity (Wildman–Crippen MR) is 78.8 cm³/mol. The molecule has 3 N–H and O–H groups in total. The smallest absolute Gasteiger partial charge is 0.352 e. The third-order valence-corrected chi connectivity index (χ3v) is 6.19. The highest BCUT2D eigenvalue weighted by Gasteiger charge is 2.63. The van der Waals surface area contributed by atoms with Gasteiger partial charge in [0, 0.05) is 11.8 Å². The van der Waals surface area contributed by atoms with E-state index in [0.717, 1.165) is 19.5 Å². The summed E-state index contributed by atoms with van der Waals surface area (Å²) < 4.78 is -0.458. The number of hydrogen-bond donors (Lipinski definition) is 3. The topological polar surface area (TPSA) is 89.9 Å². The van der Waals surface area contributed by atoms with Crippen molar-refractivity contribution in [1.82, 2.24) is 10.2 Å². The molecule has 3 aliphatic rings. The number of rotatable bonds is 4. The highest BCUT2D eigenvalue weighted by molar-refractivity contribution is 8.01. The van der Waals surface area contributed by atoms with Gasteiger partial charge in [-0.05, 0) is 32.9 Å². The molecule has 2 fully saturated rings. The lowest BCUT2D eigenvalue weighted by molar-refractivity contribution is -0.162. The number of nitrogens with zero attached hydrogens (tertiary/aromatic N) is 1. The van der Waals surface area contributed by atoms with Gasteiger partial charge in [0.1, 0.15) is 5.70 Å². The van der Waals surface area contributed by atoms with Gasteiger partial charge in [0.25, 0.3) is 0 Å². The number of thioether (sulfide) groups is 1. The van der Waals surface area contributed by atoms with Gasteiger partial charge in [-0.3, -0.25) is 4.79 Å². The van der Waals surface area contributed by atoms with E-state index in [9.17, 15) is 19.8 Å².